The van der Waals surface area contributed by atoms with Gasteiger partial charge in [-0.05, 0) is 44.4 Å². The molecule has 0 bridgehead atoms. The molecule has 0 spiro atoms. The van der Waals surface area contributed by atoms with Crippen LogP contribution in [0.2, 0.25) is 0 Å². The Hall–Kier alpha value is -1.49. The Balaban J connectivity index is 2.96. The average molecular weight is 267 g/mol. The quantitative estimate of drug-likeness (QED) is 0.851. The number of benzene rings is 1. The molecule has 0 atom stereocenters. The van der Waals surface area contributed by atoms with Gasteiger partial charge in [0, 0.05) is 17.5 Å². The fraction of sp³-hybridized carbons (Fsp3) is 0.385. The molecule has 98 valence electrons. The lowest BCUT2D eigenvalue weighted by molar-refractivity contribution is -0.147. The molecule has 0 aliphatic carbocycles. The Bertz CT molecular complexity index is 454. The zero-order valence-corrected chi connectivity index (χ0v) is 11.7. The van der Waals surface area contributed by atoms with Crippen LogP contribution in [0.5, 0.6) is 0 Å². The monoisotopic (exact) mass is 267 g/mol. The van der Waals surface area contributed by atoms with Gasteiger partial charge < -0.3 is 10.0 Å². The van der Waals surface area contributed by atoms with E-state index in [1.165, 1.54) is 25.8 Å². The van der Waals surface area contributed by atoms with Crippen LogP contribution < -0.4 is 0 Å². The largest absolute Gasteiger partial charge is 0.480 e. The molecule has 1 amide bonds. The third-order valence-corrected chi connectivity index (χ3v) is 3.75. The fourth-order valence-electron chi connectivity index (χ4n) is 1.32. The molecule has 0 saturated heterocycles. The first kappa shape index (κ1) is 14.6. The second-order valence-electron chi connectivity index (χ2n) is 4.46. The van der Waals surface area contributed by atoms with Gasteiger partial charge in [0.15, 0.2) is 0 Å². The van der Waals surface area contributed by atoms with Crippen LogP contribution in [0.3, 0.4) is 0 Å². The van der Waals surface area contributed by atoms with Crippen LogP contribution in [0.4, 0.5) is 0 Å². The molecule has 0 fully saturated rings. The van der Waals surface area contributed by atoms with E-state index in [1.807, 2.05) is 18.4 Å². The third kappa shape index (κ3) is 2.85. The van der Waals surface area contributed by atoms with Gasteiger partial charge in [0.05, 0.1) is 0 Å². The second-order valence-corrected chi connectivity index (χ2v) is 5.34. The molecular formula is C13H17NO3S. The summed E-state index contributed by atoms with van der Waals surface area (Å²) in [5, 5.41) is 9.09. The Morgan fingerprint density at radius 3 is 2.11 bits per heavy atom. The van der Waals surface area contributed by atoms with Gasteiger partial charge in [-0.25, -0.2) is 4.79 Å². The molecule has 1 N–H and O–H groups in total. The van der Waals surface area contributed by atoms with Gasteiger partial charge in [0.1, 0.15) is 5.54 Å². The van der Waals surface area contributed by atoms with Crippen LogP contribution in [-0.4, -0.2) is 40.7 Å². The molecule has 1 aromatic carbocycles. The van der Waals surface area contributed by atoms with E-state index in [0.717, 1.165) is 4.90 Å². The van der Waals surface area contributed by atoms with Crippen molar-refractivity contribution >= 4 is 23.6 Å². The molecule has 1 aromatic rings. The number of carboxylic acids is 1. The number of amides is 1. The highest BCUT2D eigenvalue weighted by Gasteiger charge is 2.35. The maximum atomic E-state index is 12.2. The second kappa shape index (κ2) is 5.44. The average Bonchev–Trinajstić information content (AvgIpc) is 2.36. The summed E-state index contributed by atoms with van der Waals surface area (Å²) in [6.45, 7) is 3.01. The van der Waals surface area contributed by atoms with Gasteiger partial charge in [-0.15, -0.1) is 11.8 Å². The number of hydrogen-bond acceptors (Lipinski definition) is 3. The van der Waals surface area contributed by atoms with Crippen molar-refractivity contribution in [2.45, 2.75) is 24.3 Å². The zero-order chi connectivity index (χ0) is 13.9. The van der Waals surface area contributed by atoms with Crippen LogP contribution >= 0.6 is 11.8 Å². The predicted octanol–water partition coefficient (Wildman–Crippen LogP) is 2.34. The Labute approximate surface area is 111 Å². The Kier molecular flexibility index (Phi) is 4.40. The Morgan fingerprint density at radius 2 is 1.72 bits per heavy atom. The lowest BCUT2D eigenvalue weighted by Crippen LogP contribution is -2.50. The number of carboxylic acid groups (broad SMARTS) is 1. The first-order chi connectivity index (χ1) is 8.30. The number of likely N-dealkylation sites (N-methyl/N-ethyl adjacent to an activating group) is 1. The maximum Gasteiger partial charge on any atom is 0.329 e. The molecule has 0 heterocycles. The smallest absolute Gasteiger partial charge is 0.329 e. The van der Waals surface area contributed by atoms with Gasteiger partial charge in [0.25, 0.3) is 5.91 Å². The summed E-state index contributed by atoms with van der Waals surface area (Å²) in [6, 6.07) is 7.12. The van der Waals surface area contributed by atoms with Crippen molar-refractivity contribution in [2.75, 3.05) is 13.3 Å². The third-order valence-electron chi connectivity index (χ3n) is 3.00. The molecule has 0 radical (unpaired) electrons. The number of nitrogens with zero attached hydrogens (tertiary/aromatic N) is 1. The first-order valence-corrected chi connectivity index (χ1v) is 6.68. The summed E-state index contributed by atoms with van der Waals surface area (Å²) < 4.78 is 0. The van der Waals surface area contributed by atoms with E-state index in [0.29, 0.717) is 5.56 Å². The first-order valence-electron chi connectivity index (χ1n) is 5.46. The fourth-order valence-corrected chi connectivity index (χ4v) is 1.73. The van der Waals surface area contributed by atoms with Crippen LogP contribution in [0.25, 0.3) is 0 Å². The molecule has 0 aliphatic rings. The normalized spacial score (nSPS) is 11.1. The Morgan fingerprint density at radius 1 is 1.22 bits per heavy atom. The number of carbonyl (C=O) groups excluding carboxylic acids is 1. The van der Waals surface area contributed by atoms with E-state index < -0.39 is 11.5 Å². The number of thioether (sulfide) groups is 1. The standard InChI is InChI=1S/C13H17NO3S/c1-13(2,12(16)17)14(3)11(15)9-5-7-10(18-4)8-6-9/h5-8H,1-4H3,(H,16,17). The van der Waals surface area contributed by atoms with Gasteiger partial charge >= 0.3 is 5.97 Å². The van der Waals surface area contributed by atoms with E-state index in [9.17, 15) is 9.59 Å². The lowest BCUT2D eigenvalue weighted by Gasteiger charge is -2.31. The zero-order valence-electron chi connectivity index (χ0n) is 10.9. The number of hydrogen-bond donors (Lipinski definition) is 1. The van der Waals surface area contributed by atoms with Crippen molar-refractivity contribution in [2.24, 2.45) is 0 Å². The van der Waals surface area contributed by atoms with Gasteiger partial charge in [0.2, 0.25) is 0 Å². The minimum Gasteiger partial charge on any atom is -0.480 e. The van der Waals surface area contributed by atoms with Crippen molar-refractivity contribution in [1.29, 1.82) is 0 Å². The SMILES string of the molecule is CSc1ccc(C(=O)N(C)C(C)(C)C(=O)O)cc1. The number of aliphatic carboxylic acids is 1. The van der Waals surface area contributed by atoms with Crippen LogP contribution in [0.15, 0.2) is 29.2 Å². The van der Waals surface area contributed by atoms with E-state index in [2.05, 4.69) is 0 Å². The summed E-state index contributed by atoms with van der Waals surface area (Å²) >= 11 is 1.59. The van der Waals surface area contributed by atoms with Crippen LogP contribution in [0.1, 0.15) is 24.2 Å². The minimum atomic E-state index is -1.23. The highest BCUT2D eigenvalue weighted by molar-refractivity contribution is 7.98. The molecule has 0 unspecified atom stereocenters. The predicted molar refractivity (Wildman–Crippen MR) is 72.0 cm³/mol. The molecule has 1 rings (SSSR count). The van der Waals surface area contributed by atoms with E-state index in [-0.39, 0.29) is 5.91 Å². The number of carbonyl (C=O) groups is 2. The molecule has 5 heteroatoms. The molecule has 0 saturated carbocycles. The van der Waals surface area contributed by atoms with Crippen molar-refractivity contribution < 1.29 is 14.7 Å². The van der Waals surface area contributed by atoms with Gasteiger partial charge in [-0.3, -0.25) is 4.79 Å². The summed E-state index contributed by atoms with van der Waals surface area (Å²) in [5.41, 5.74) is -0.737. The summed E-state index contributed by atoms with van der Waals surface area (Å²) in [5.74, 6) is -1.32. The van der Waals surface area contributed by atoms with Crippen LogP contribution in [-0.2, 0) is 4.79 Å². The van der Waals surface area contributed by atoms with Gasteiger partial charge in [-0.2, -0.15) is 0 Å². The minimum absolute atomic E-state index is 0.296. The molecule has 4 nitrogen and oxygen atoms in total. The molecule has 18 heavy (non-hydrogen) atoms. The van der Waals surface area contributed by atoms with E-state index in [4.69, 9.17) is 5.11 Å². The van der Waals surface area contributed by atoms with E-state index in [1.54, 1.807) is 23.9 Å². The molecule has 0 aliphatic heterocycles. The van der Waals surface area contributed by atoms with Crippen molar-refractivity contribution in [3.63, 3.8) is 0 Å². The van der Waals surface area contributed by atoms with Crippen molar-refractivity contribution in [3.05, 3.63) is 29.8 Å². The summed E-state index contributed by atoms with van der Waals surface area (Å²) in [4.78, 5) is 25.6. The topological polar surface area (TPSA) is 57.6 Å². The molecular weight excluding hydrogens is 250 g/mol. The number of rotatable bonds is 4. The highest BCUT2D eigenvalue weighted by atomic mass is 32.2. The summed E-state index contributed by atoms with van der Waals surface area (Å²) in [6.07, 6.45) is 1.95. The lowest BCUT2D eigenvalue weighted by atomic mass is 10.0. The van der Waals surface area contributed by atoms with Crippen LogP contribution in [0, 0.1) is 0 Å². The maximum absolute atomic E-state index is 12.2. The van der Waals surface area contributed by atoms with Gasteiger partial charge in [-0.1, -0.05) is 0 Å². The molecule has 0 aromatic heterocycles. The van der Waals surface area contributed by atoms with Crippen molar-refractivity contribution in [1.82, 2.24) is 4.90 Å². The van der Waals surface area contributed by atoms with Crippen molar-refractivity contribution in [3.8, 4) is 0 Å². The van der Waals surface area contributed by atoms with E-state index >= 15 is 0 Å². The highest BCUT2D eigenvalue weighted by Crippen LogP contribution is 2.19. The summed E-state index contributed by atoms with van der Waals surface area (Å²) in [7, 11) is 1.50.